The molecule has 21 heavy (non-hydrogen) atoms. The molecule has 7 heteroatoms. The summed E-state index contributed by atoms with van der Waals surface area (Å²) >= 11 is 0. The van der Waals surface area contributed by atoms with Crippen LogP contribution in [0.3, 0.4) is 0 Å². The van der Waals surface area contributed by atoms with Gasteiger partial charge in [0.1, 0.15) is 0 Å². The monoisotopic (exact) mass is 294 g/mol. The lowest BCUT2D eigenvalue weighted by Crippen LogP contribution is -2.25. The zero-order valence-electron chi connectivity index (χ0n) is 12.2. The van der Waals surface area contributed by atoms with E-state index in [1.54, 1.807) is 26.8 Å². The van der Waals surface area contributed by atoms with Gasteiger partial charge in [-0.15, -0.1) is 0 Å². The number of carboxylic acids is 1. The molecule has 1 aromatic carbocycles. The van der Waals surface area contributed by atoms with Gasteiger partial charge in [-0.25, -0.2) is 0 Å². The zero-order chi connectivity index (χ0) is 16.2. The minimum Gasteiger partial charge on any atom is -0.481 e. The molecule has 0 atom stereocenters. The molecule has 0 aliphatic rings. The smallest absolute Gasteiger partial charge is 0.303 e. The van der Waals surface area contributed by atoms with Gasteiger partial charge in [0, 0.05) is 12.5 Å². The number of carbonyl (C=O) groups excluding carboxylic acids is 1. The molecule has 1 aromatic rings. The summed E-state index contributed by atoms with van der Waals surface area (Å²) in [5, 5.41) is 22.2. The molecule has 0 aromatic heterocycles. The van der Waals surface area contributed by atoms with Crippen molar-refractivity contribution in [3.63, 3.8) is 0 Å². The van der Waals surface area contributed by atoms with E-state index in [1.165, 1.54) is 12.1 Å². The lowest BCUT2D eigenvalue weighted by molar-refractivity contribution is -0.385. The van der Waals surface area contributed by atoms with Crippen LogP contribution in [-0.4, -0.2) is 21.9 Å². The summed E-state index contributed by atoms with van der Waals surface area (Å²) in [4.78, 5) is 33.0. The molecule has 0 heterocycles. The van der Waals surface area contributed by atoms with Crippen molar-refractivity contribution >= 4 is 23.3 Å². The van der Waals surface area contributed by atoms with Gasteiger partial charge in [0.2, 0.25) is 5.91 Å². The topological polar surface area (TPSA) is 110 Å². The van der Waals surface area contributed by atoms with Crippen LogP contribution in [0.25, 0.3) is 0 Å². The Hall–Kier alpha value is -2.44. The second-order valence-corrected chi connectivity index (χ2v) is 5.67. The highest BCUT2D eigenvalue weighted by atomic mass is 16.6. The predicted octanol–water partition coefficient (Wildman–Crippen LogP) is 2.73. The van der Waals surface area contributed by atoms with Crippen molar-refractivity contribution in [2.24, 2.45) is 5.41 Å². The number of hydrogen-bond donors (Lipinski definition) is 2. The fourth-order valence-corrected chi connectivity index (χ4v) is 2.06. The predicted molar refractivity (Wildman–Crippen MR) is 77.1 cm³/mol. The molecule has 7 nitrogen and oxygen atoms in total. The maximum atomic E-state index is 12.0. The first kappa shape index (κ1) is 16.6. The Morgan fingerprint density at radius 3 is 2.48 bits per heavy atom. The first-order valence-electron chi connectivity index (χ1n) is 6.38. The number of carbonyl (C=O) groups is 2. The van der Waals surface area contributed by atoms with Crippen LogP contribution in [0.2, 0.25) is 0 Å². The molecule has 1 amide bonds. The number of carboxylic acid groups (broad SMARTS) is 1. The molecule has 0 fully saturated rings. The molecule has 0 aliphatic heterocycles. The van der Waals surface area contributed by atoms with Crippen LogP contribution in [0.1, 0.15) is 32.3 Å². The van der Waals surface area contributed by atoms with Crippen LogP contribution in [0.5, 0.6) is 0 Å². The van der Waals surface area contributed by atoms with Crippen LogP contribution < -0.4 is 5.32 Å². The molecule has 114 valence electrons. The van der Waals surface area contributed by atoms with Gasteiger partial charge in [-0.1, -0.05) is 19.9 Å². The number of nitrogens with one attached hydrogen (secondary N) is 1. The zero-order valence-corrected chi connectivity index (χ0v) is 12.2. The standard InChI is InChI=1S/C14H18N2O5/c1-9-10(5-4-6-11(9)16(20)21)15-12(17)7-14(2,3)8-13(18)19/h4-6H,7-8H2,1-3H3,(H,15,17)(H,18,19). The van der Waals surface area contributed by atoms with E-state index in [4.69, 9.17) is 5.11 Å². The Labute approximate surface area is 122 Å². The number of aliphatic carboxylic acids is 1. The van der Waals surface area contributed by atoms with E-state index in [-0.39, 0.29) is 24.4 Å². The Morgan fingerprint density at radius 1 is 1.33 bits per heavy atom. The summed E-state index contributed by atoms with van der Waals surface area (Å²) in [5.74, 6) is -1.34. The SMILES string of the molecule is Cc1c(NC(=O)CC(C)(C)CC(=O)O)cccc1[N+](=O)[O-]. The first-order valence-corrected chi connectivity index (χ1v) is 6.38. The van der Waals surface area contributed by atoms with E-state index in [1.807, 2.05) is 0 Å². The largest absolute Gasteiger partial charge is 0.481 e. The summed E-state index contributed by atoms with van der Waals surface area (Å²) in [6.45, 7) is 4.91. The van der Waals surface area contributed by atoms with Gasteiger partial charge >= 0.3 is 5.97 Å². The Kier molecular flexibility index (Phi) is 5.02. The van der Waals surface area contributed by atoms with Crippen molar-refractivity contribution in [3.05, 3.63) is 33.9 Å². The van der Waals surface area contributed by atoms with Crippen LogP contribution in [-0.2, 0) is 9.59 Å². The molecule has 0 radical (unpaired) electrons. The number of amides is 1. The van der Waals surface area contributed by atoms with E-state index >= 15 is 0 Å². The van der Waals surface area contributed by atoms with Crippen molar-refractivity contribution in [2.75, 3.05) is 5.32 Å². The van der Waals surface area contributed by atoms with E-state index in [2.05, 4.69) is 5.32 Å². The fraction of sp³-hybridized carbons (Fsp3) is 0.429. The van der Waals surface area contributed by atoms with Crippen molar-refractivity contribution in [2.45, 2.75) is 33.6 Å². The molecule has 0 spiro atoms. The van der Waals surface area contributed by atoms with Gasteiger partial charge < -0.3 is 10.4 Å². The van der Waals surface area contributed by atoms with E-state index in [0.29, 0.717) is 11.3 Å². The number of hydrogen-bond acceptors (Lipinski definition) is 4. The van der Waals surface area contributed by atoms with Crippen LogP contribution in [0.15, 0.2) is 18.2 Å². The highest BCUT2D eigenvalue weighted by Gasteiger charge is 2.25. The minimum absolute atomic E-state index is 0.0153. The number of nitrogens with zero attached hydrogens (tertiary/aromatic N) is 1. The molecule has 0 unspecified atom stereocenters. The fourth-order valence-electron chi connectivity index (χ4n) is 2.06. The second-order valence-electron chi connectivity index (χ2n) is 5.67. The Bertz CT molecular complexity index is 581. The average Bonchev–Trinajstić information content (AvgIpc) is 2.28. The van der Waals surface area contributed by atoms with Gasteiger partial charge in [0.25, 0.3) is 5.69 Å². The molecule has 1 rings (SSSR count). The molecule has 0 saturated carbocycles. The summed E-state index contributed by atoms with van der Waals surface area (Å²) in [6, 6.07) is 4.42. The number of benzene rings is 1. The lowest BCUT2D eigenvalue weighted by atomic mass is 9.85. The Morgan fingerprint density at radius 2 is 1.95 bits per heavy atom. The van der Waals surface area contributed by atoms with Gasteiger partial charge in [-0.3, -0.25) is 19.7 Å². The van der Waals surface area contributed by atoms with Crippen LogP contribution in [0.4, 0.5) is 11.4 Å². The van der Waals surface area contributed by atoms with Gasteiger partial charge in [0.15, 0.2) is 0 Å². The van der Waals surface area contributed by atoms with Crippen molar-refractivity contribution in [1.82, 2.24) is 0 Å². The quantitative estimate of drug-likeness (QED) is 0.619. The molecule has 0 saturated heterocycles. The maximum Gasteiger partial charge on any atom is 0.303 e. The number of nitro groups is 1. The third-order valence-corrected chi connectivity index (χ3v) is 3.04. The minimum atomic E-state index is -0.973. The number of anilines is 1. The number of rotatable bonds is 6. The molecule has 0 aliphatic carbocycles. The molecular weight excluding hydrogens is 276 g/mol. The summed E-state index contributed by atoms with van der Waals surface area (Å²) in [6.07, 6.45) is -0.115. The van der Waals surface area contributed by atoms with Gasteiger partial charge in [-0.05, 0) is 18.4 Å². The van der Waals surface area contributed by atoms with E-state index in [0.717, 1.165) is 0 Å². The first-order chi connectivity index (χ1) is 9.62. The number of nitro benzene ring substituents is 1. The van der Waals surface area contributed by atoms with Gasteiger partial charge in [0.05, 0.1) is 22.6 Å². The summed E-state index contributed by atoms with van der Waals surface area (Å²) in [5.41, 5.74) is -0.0327. The van der Waals surface area contributed by atoms with Crippen molar-refractivity contribution in [3.8, 4) is 0 Å². The third-order valence-electron chi connectivity index (χ3n) is 3.04. The second kappa shape index (κ2) is 6.34. The van der Waals surface area contributed by atoms with Crippen molar-refractivity contribution < 1.29 is 19.6 Å². The van der Waals surface area contributed by atoms with Crippen LogP contribution in [0, 0.1) is 22.5 Å². The Balaban J connectivity index is 2.83. The molecule has 0 bridgehead atoms. The molecular formula is C14H18N2O5. The highest BCUT2D eigenvalue weighted by Crippen LogP contribution is 2.28. The van der Waals surface area contributed by atoms with E-state index < -0.39 is 16.3 Å². The van der Waals surface area contributed by atoms with E-state index in [9.17, 15) is 19.7 Å². The average molecular weight is 294 g/mol. The maximum absolute atomic E-state index is 12.0. The highest BCUT2D eigenvalue weighted by molar-refractivity contribution is 5.92. The summed E-state index contributed by atoms with van der Waals surface area (Å²) in [7, 11) is 0. The third kappa shape index (κ3) is 4.87. The van der Waals surface area contributed by atoms with Crippen LogP contribution >= 0.6 is 0 Å². The summed E-state index contributed by atoms with van der Waals surface area (Å²) < 4.78 is 0. The lowest BCUT2D eigenvalue weighted by Gasteiger charge is -2.21. The molecule has 2 N–H and O–H groups in total. The van der Waals surface area contributed by atoms with Crippen molar-refractivity contribution in [1.29, 1.82) is 0 Å². The van der Waals surface area contributed by atoms with Gasteiger partial charge in [-0.2, -0.15) is 0 Å². The normalized spacial score (nSPS) is 11.0.